The predicted octanol–water partition coefficient (Wildman–Crippen LogP) is 2.39. The molecular formula is C12H14BrNO2. The summed E-state index contributed by atoms with van der Waals surface area (Å²) in [5.41, 5.74) is 0.637. The lowest BCUT2D eigenvalue weighted by Crippen LogP contribution is -2.34. The first-order valence-corrected chi connectivity index (χ1v) is 6.20. The fourth-order valence-electron chi connectivity index (χ4n) is 1.83. The zero-order valence-corrected chi connectivity index (χ0v) is 10.5. The van der Waals surface area contributed by atoms with Gasteiger partial charge in [0.15, 0.2) is 0 Å². The van der Waals surface area contributed by atoms with E-state index in [0.717, 1.165) is 42.4 Å². The van der Waals surface area contributed by atoms with Crippen LogP contribution in [0.1, 0.15) is 23.2 Å². The number of hydrogen-bond donors (Lipinski definition) is 1. The normalized spacial score (nSPS) is 17.1. The fourth-order valence-corrected chi connectivity index (χ4v) is 2.32. The van der Waals surface area contributed by atoms with E-state index in [2.05, 4.69) is 21.2 Å². The Labute approximate surface area is 103 Å². The number of hydrogen-bond acceptors (Lipinski definition) is 3. The molecule has 4 heteroatoms. The number of carbonyl (C=O) groups is 1. The highest BCUT2D eigenvalue weighted by Crippen LogP contribution is 2.23. The fraction of sp³-hybridized carbons (Fsp3) is 0.417. The Kier molecular flexibility index (Phi) is 3.96. The highest BCUT2D eigenvalue weighted by Gasteiger charge is 2.14. The van der Waals surface area contributed by atoms with Gasteiger partial charge in [0.2, 0.25) is 0 Å². The Morgan fingerprint density at radius 3 is 2.75 bits per heavy atom. The highest BCUT2D eigenvalue weighted by molar-refractivity contribution is 9.10. The molecule has 0 saturated carbocycles. The summed E-state index contributed by atoms with van der Waals surface area (Å²) in [5.74, 6) is 0.767. The molecule has 2 rings (SSSR count). The van der Waals surface area contributed by atoms with Gasteiger partial charge in [0.1, 0.15) is 18.1 Å². The van der Waals surface area contributed by atoms with Gasteiger partial charge in [-0.1, -0.05) is 15.9 Å². The van der Waals surface area contributed by atoms with E-state index >= 15 is 0 Å². The summed E-state index contributed by atoms with van der Waals surface area (Å²) in [6, 6.07) is 5.46. The van der Waals surface area contributed by atoms with Gasteiger partial charge in [0, 0.05) is 10.0 Å². The van der Waals surface area contributed by atoms with Crippen LogP contribution in [0.15, 0.2) is 22.7 Å². The summed E-state index contributed by atoms with van der Waals surface area (Å²) < 4.78 is 6.73. The summed E-state index contributed by atoms with van der Waals surface area (Å²) >= 11 is 3.37. The van der Waals surface area contributed by atoms with E-state index in [1.54, 1.807) is 12.1 Å². The number of benzene rings is 1. The zero-order chi connectivity index (χ0) is 11.4. The zero-order valence-electron chi connectivity index (χ0n) is 8.91. The molecule has 3 nitrogen and oxygen atoms in total. The molecule has 1 saturated heterocycles. The van der Waals surface area contributed by atoms with Crippen LogP contribution in [0.3, 0.4) is 0 Å². The molecule has 0 radical (unpaired) electrons. The van der Waals surface area contributed by atoms with E-state index in [0.29, 0.717) is 5.56 Å². The van der Waals surface area contributed by atoms with Crippen LogP contribution in [0.2, 0.25) is 0 Å². The summed E-state index contributed by atoms with van der Waals surface area (Å²) in [7, 11) is 0. The lowest BCUT2D eigenvalue weighted by molar-refractivity contribution is 0.112. The molecule has 1 aliphatic heterocycles. The van der Waals surface area contributed by atoms with Crippen molar-refractivity contribution in [1.82, 2.24) is 5.32 Å². The van der Waals surface area contributed by atoms with E-state index in [4.69, 9.17) is 4.74 Å². The van der Waals surface area contributed by atoms with Crippen LogP contribution in [-0.2, 0) is 0 Å². The van der Waals surface area contributed by atoms with E-state index < -0.39 is 0 Å². The molecule has 1 heterocycles. The van der Waals surface area contributed by atoms with E-state index in [9.17, 15) is 4.79 Å². The number of halogens is 1. The average molecular weight is 284 g/mol. The molecule has 86 valence electrons. The van der Waals surface area contributed by atoms with Gasteiger partial charge in [-0.05, 0) is 44.1 Å². The minimum Gasteiger partial charge on any atom is -0.490 e. The van der Waals surface area contributed by atoms with Crippen molar-refractivity contribution in [2.45, 2.75) is 18.9 Å². The van der Waals surface area contributed by atoms with Crippen LogP contribution < -0.4 is 10.1 Å². The molecule has 0 bridgehead atoms. The maximum absolute atomic E-state index is 10.7. The minimum atomic E-state index is 0.259. The molecule has 0 amide bonds. The number of ether oxygens (including phenoxy) is 1. The first-order chi connectivity index (χ1) is 7.78. The first-order valence-electron chi connectivity index (χ1n) is 5.41. The Hall–Kier alpha value is -0.870. The smallest absolute Gasteiger partial charge is 0.150 e. The van der Waals surface area contributed by atoms with E-state index in [-0.39, 0.29) is 6.10 Å². The van der Waals surface area contributed by atoms with E-state index in [1.165, 1.54) is 0 Å². The highest BCUT2D eigenvalue weighted by atomic mass is 79.9. The van der Waals surface area contributed by atoms with Gasteiger partial charge in [-0.15, -0.1) is 0 Å². The lowest BCUT2D eigenvalue weighted by atomic mass is 10.1. The van der Waals surface area contributed by atoms with Gasteiger partial charge in [-0.2, -0.15) is 0 Å². The minimum absolute atomic E-state index is 0.259. The second-order valence-electron chi connectivity index (χ2n) is 3.91. The van der Waals surface area contributed by atoms with Gasteiger partial charge < -0.3 is 10.1 Å². The van der Waals surface area contributed by atoms with Crippen LogP contribution in [-0.4, -0.2) is 25.5 Å². The number of aldehydes is 1. The second kappa shape index (κ2) is 5.46. The van der Waals surface area contributed by atoms with Crippen molar-refractivity contribution in [2.75, 3.05) is 13.1 Å². The maximum Gasteiger partial charge on any atom is 0.150 e. The molecule has 0 aromatic heterocycles. The third kappa shape index (κ3) is 3.06. The van der Waals surface area contributed by atoms with Crippen LogP contribution >= 0.6 is 15.9 Å². The summed E-state index contributed by atoms with van der Waals surface area (Å²) in [6.45, 7) is 2.00. The lowest BCUT2D eigenvalue weighted by Gasteiger charge is -2.24. The van der Waals surface area contributed by atoms with Crippen LogP contribution in [0.4, 0.5) is 0 Å². The Morgan fingerprint density at radius 1 is 1.31 bits per heavy atom. The molecule has 1 aliphatic rings. The van der Waals surface area contributed by atoms with Crippen molar-refractivity contribution >= 4 is 22.2 Å². The molecule has 0 unspecified atom stereocenters. The summed E-state index contributed by atoms with van der Waals surface area (Å²) in [4.78, 5) is 10.7. The number of nitrogens with one attached hydrogen (secondary N) is 1. The summed E-state index contributed by atoms with van der Waals surface area (Å²) in [6.07, 6.45) is 3.13. The van der Waals surface area contributed by atoms with Crippen LogP contribution in [0.5, 0.6) is 5.75 Å². The van der Waals surface area contributed by atoms with Crippen LogP contribution in [0.25, 0.3) is 0 Å². The second-order valence-corrected chi connectivity index (χ2v) is 4.82. The third-order valence-electron chi connectivity index (χ3n) is 2.62. The Bertz CT molecular complexity index is 375. The molecule has 16 heavy (non-hydrogen) atoms. The largest absolute Gasteiger partial charge is 0.490 e. The van der Waals surface area contributed by atoms with Gasteiger partial charge >= 0.3 is 0 Å². The monoisotopic (exact) mass is 283 g/mol. The molecule has 0 atom stereocenters. The molecule has 0 aliphatic carbocycles. The predicted molar refractivity (Wildman–Crippen MR) is 66.0 cm³/mol. The third-order valence-corrected chi connectivity index (χ3v) is 3.08. The van der Waals surface area contributed by atoms with Crippen LogP contribution in [0, 0.1) is 0 Å². The number of rotatable bonds is 3. The number of piperidine rings is 1. The SMILES string of the molecule is O=Cc1cc(Br)cc(OC2CCNCC2)c1. The molecule has 0 spiro atoms. The van der Waals surface area contributed by atoms with Gasteiger partial charge in [-0.25, -0.2) is 0 Å². The topological polar surface area (TPSA) is 38.3 Å². The molecular weight excluding hydrogens is 270 g/mol. The molecule has 1 aromatic rings. The van der Waals surface area contributed by atoms with E-state index in [1.807, 2.05) is 6.07 Å². The maximum atomic E-state index is 10.7. The van der Waals surface area contributed by atoms with Crippen molar-refractivity contribution in [3.05, 3.63) is 28.2 Å². The summed E-state index contributed by atoms with van der Waals surface area (Å²) in [5, 5.41) is 3.29. The van der Waals surface area contributed by atoms with Crippen molar-refractivity contribution in [1.29, 1.82) is 0 Å². The van der Waals surface area contributed by atoms with Crippen molar-refractivity contribution in [3.8, 4) is 5.75 Å². The van der Waals surface area contributed by atoms with Gasteiger partial charge in [0.05, 0.1) is 0 Å². The standard InChI is InChI=1S/C12H14BrNO2/c13-10-5-9(8-15)6-12(7-10)16-11-1-3-14-4-2-11/h5-8,11,14H,1-4H2. The van der Waals surface area contributed by atoms with Crippen molar-refractivity contribution in [3.63, 3.8) is 0 Å². The molecule has 1 fully saturated rings. The number of carbonyl (C=O) groups excluding carboxylic acids is 1. The molecule has 1 aromatic carbocycles. The quantitative estimate of drug-likeness (QED) is 0.866. The average Bonchev–Trinajstić information content (AvgIpc) is 2.29. The Balaban J connectivity index is 2.07. The first kappa shape index (κ1) is 11.6. The Morgan fingerprint density at radius 2 is 2.06 bits per heavy atom. The van der Waals surface area contributed by atoms with Crippen molar-refractivity contribution in [2.24, 2.45) is 0 Å². The van der Waals surface area contributed by atoms with Gasteiger partial charge in [0.25, 0.3) is 0 Å². The van der Waals surface area contributed by atoms with Crippen molar-refractivity contribution < 1.29 is 9.53 Å². The van der Waals surface area contributed by atoms with Gasteiger partial charge in [-0.3, -0.25) is 4.79 Å². The molecule has 1 N–H and O–H groups in total.